The molecule has 4 heteroatoms. The highest BCUT2D eigenvalue weighted by Crippen LogP contribution is 2.33. The Balaban J connectivity index is 2.37. The summed E-state index contributed by atoms with van der Waals surface area (Å²) >= 11 is 0. The molecule has 1 aromatic carbocycles. The number of nitrogens with zero attached hydrogens (tertiary/aromatic N) is 1. The lowest BCUT2D eigenvalue weighted by atomic mass is 10.1. The van der Waals surface area contributed by atoms with Crippen molar-refractivity contribution in [3.05, 3.63) is 35.9 Å². The molecule has 0 saturated carbocycles. The summed E-state index contributed by atoms with van der Waals surface area (Å²) in [6.45, 7) is 6.80. The lowest BCUT2D eigenvalue weighted by Gasteiger charge is -2.29. The first-order chi connectivity index (χ1) is 8.11. The van der Waals surface area contributed by atoms with Gasteiger partial charge in [0.05, 0.1) is 5.69 Å². The second-order valence-corrected chi connectivity index (χ2v) is 4.23. The molecule has 1 aliphatic heterocycles. The summed E-state index contributed by atoms with van der Waals surface area (Å²) in [5, 5.41) is 0. The summed E-state index contributed by atoms with van der Waals surface area (Å²) in [6.07, 6.45) is 0. The van der Waals surface area contributed by atoms with Crippen LogP contribution in [0, 0.1) is 0 Å². The molecule has 0 saturated heterocycles. The van der Waals surface area contributed by atoms with Gasteiger partial charge in [0.1, 0.15) is 5.75 Å². The van der Waals surface area contributed by atoms with E-state index >= 15 is 0 Å². The molecule has 0 spiro atoms. The maximum atomic E-state index is 11.8. The summed E-state index contributed by atoms with van der Waals surface area (Å²) < 4.78 is 5.41. The van der Waals surface area contributed by atoms with Gasteiger partial charge in [-0.1, -0.05) is 18.2 Å². The van der Waals surface area contributed by atoms with Crippen LogP contribution in [0.25, 0.3) is 0 Å². The third kappa shape index (κ3) is 2.31. The molecule has 0 aliphatic carbocycles. The smallest absolute Gasteiger partial charge is 0.265 e. The topological polar surface area (TPSA) is 55.6 Å². The minimum Gasteiger partial charge on any atom is -0.482 e. The van der Waals surface area contributed by atoms with Gasteiger partial charge in [-0.25, -0.2) is 0 Å². The van der Waals surface area contributed by atoms with Crippen molar-refractivity contribution in [2.24, 2.45) is 5.73 Å². The number of hydrogen-bond donors (Lipinski definition) is 1. The zero-order chi connectivity index (χ0) is 12.4. The van der Waals surface area contributed by atoms with Gasteiger partial charge in [-0.05, 0) is 24.6 Å². The molecule has 1 aromatic rings. The molecule has 1 aliphatic rings. The standard InChI is InChI=1S/C13H16N2O2/c1-9(2)7-15-11-4-3-10(6-14)5-12(11)17-8-13(15)16/h3-5H,1,6-8,14H2,2H3. The third-order valence-electron chi connectivity index (χ3n) is 2.63. The number of hydrogen-bond acceptors (Lipinski definition) is 3. The lowest BCUT2D eigenvalue weighted by molar-refractivity contribution is -0.121. The van der Waals surface area contributed by atoms with Crippen molar-refractivity contribution in [3.8, 4) is 5.75 Å². The number of rotatable bonds is 3. The van der Waals surface area contributed by atoms with Gasteiger partial charge in [0.25, 0.3) is 5.91 Å². The molecule has 0 atom stereocenters. The number of amides is 1. The Kier molecular flexibility index (Phi) is 3.15. The summed E-state index contributed by atoms with van der Waals surface area (Å²) in [5.41, 5.74) is 8.30. The molecule has 1 amide bonds. The zero-order valence-electron chi connectivity index (χ0n) is 9.90. The van der Waals surface area contributed by atoms with E-state index in [1.54, 1.807) is 4.90 Å². The summed E-state index contributed by atoms with van der Waals surface area (Å²) in [6, 6.07) is 5.66. The van der Waals surface area contributed by atoms with Crippen molar-refractivity contribution < 1.29 is 9.53 Å². The number of nitrogens with two attached hydrogens (primary N) is 1. The quantitative estimate of drug-likeness (QED) is 0.802. The number of carbonyl (C=O) groups excluding carboxylic acids is 1. The molecule has 90 valence electrons. The van der Waals surface area contributed by atoms with Crippen molar-refractivity contribution in [1.82, 2.24) is 0 Å². The fourth-order valence-electron chi connectivity index (χ4n) is 1.82. The lowest BCUT2D eigenvalue weighted by Crippen LogP contribution is -2.39. The van der Waals surface area contributed by atoms with E-state index in [2.05, 4.69) is 6.58 Å². The molecule has 0 fully saturated rings. The van der Waals surface area contributed by atoms with Crippen LogP contribution in [0.15, 0.2) is 30.4 Å². The minimum atomic E-state index is -0.0407. The average Bonchev–Trinajstić information content (AvgIpc) is 2.32. The molecule has 0 bridgehead atoms. The Morgan fingerprint density at radius 3 is 3.00 bits per heavy atom. The van der Waals surface area contributed by atoms with Gasteiger partial charge in [-0.15, -0.1) is 0 Å². The van der Waals surface area contributed by atoms with Crippen molar-refractivity contribution in [1.29, 1.82) is 0 Å². The van der Waals surface area contributed by atoms with E-state index < -0.39 is 0 Å². The van der Waals surface area contributed by atoms with E-state index in [1.807, 2.05) is 25.1 Å². The first kappa shape index (κ1) is 11.7. The van der Waals surface area contributed by atoms with E-state index in [4.69, 9.17) is 10.5 Å². The van der Waals surface area contributed by atoms with Crippen LogP contribution < -0.4 is 15.4 Å². The SMILES string of the molecule is C=C(C)CN1C(=O)COc2cc(CN)ccc21. The molecule has 4 nitrogen and oxygen atoms in total. The Morgan fingerprint density at radius 2 is 2.35 bits per heavy atom. The van der Waals surface area contributed by atoms with Crippen LogP contribution >= 0.6 is 0 Å². The third-order valence-corrected chi connectivity index (χ3v) is 2.63. The van der Waals surface area contributed by atoms with Crippen molar-refractivity contribution in [2.45, 2.75) is 13.5 Å². The largest absolute Gasteiger partial charge is 0.482 e. The highest BCUT2D eigenvalue weighted by Gasteiger charge is 2.25. The molecular formula is C13H16N2O2. The van der Waals surface area contributed by atoms with Gasteiger partial charge in [-0.2, -0.15) is 0 Å². The molecule has 0 aromatic heterocycles. The molecule has 0 unspecified atom stereocenters. The molecule has 2 N–H and O–H groups in total. The van der Waals surface area contributed by atoms with Crippen molar-refractivity contribution >= 4 is 11.6 Å². The first-order valence-corrected chi connectivity index (χ1v) is 5.52. The van der Waals surface area contributed by atoms with Gasteiger partial charge >= 0.3 is 0 Å². The summed E-state index contributed by atoms with van der Waals surface area (Å²) in [4.78, 5) is 13.5. The normalized spacial score (nSPS) is 14.2. The molecule has 2 rings (SSSR count). The number of fused-ring (bicyclic) bond motifs is 1. The molecule has 0 radical (unpaired) electrons. The van der Waals surface area contributed by atoms with Crippen LogP contribution in [0.4, 0.5) is 5.69 Å². The van der Waals surface area contributed by atoms with Crippen LogP contribution in [0.5, 0.6) is 5.75 Å². The summed E-state index contributed by atoms with van der Waals surface area (Å²) in [5.74, 6) is 0.676. The average molecular weight is 232 g/mol. The maximum Gasteiger partial charge on any atom is 0.265 e. The van der Waals surface area contributed by atoms with Crippen LogP contribution in [0.1, 0.15) is 12.5 Å². The first-order valence-electron chi connectivity index (χ1n) is 5.52. The van der Waals surface area contributed by atoms with Gasteiger partial charge in [0, 0.05) is 13.1 Å². The van der Waals surface area contributed by atoms with E-state index in [-0.39, 0.29) is 12.5 Å². The van der Waals surface area contributed by atoms with Crippen molar-refractivity contribution in [2.75, 3.05) is 18.1 Å². The molecule has 17 heavy (non-hydrogen) atoms. The van der Waals surface area contributed by atoms with Gasteiger partial charge in [0.2, 0.25) is 0 Å². The Bertz CT molecular complexity index is 468. The van der Waals surface area contributed by atoms with Crippen LogP contribution in [0.2, 0.25) is 0 Å². The van der Waals surface area contributed by atoms with Crippen LogP contribution in [-0.4, -0.2) is 19.1 Å². The van der Waals surface area contributed by atoms with E-state index in [9.17, 15) is 4.79 Å². The van der Waals surface area contributed by atoms with Crippen LogP contribution in [0.3, 0.4) is 0 Å². The molecular weight excluding hydrogens is 216 g/mol. The Morgan fingerprint density at radius 1 is 1.59 bits per heavy atom. The predicted molar refractivity (Wildman–Crippen MR) is 67.0 cm³/mol. The van der Waals surface area contributed by atoms with E-state index in [0.29, 0.717) is 18.8 Å². The number of ether oxygens (including phenoxy) is 1. The minimum absolute atomic E-state index is 0.0407. The van der Waals surface area contributed by atoms with Gasteiger partial charge in [-0.3, -0.25) is 4.79 Å². The number of carbonyl (C=O) groups is 1. The number of anilines is 1. The second-order valence-electron chi connectivity index (χ2n) is 4.23. The fraction of sp³-hybridized carbons (Fsp3) is 0.308. The zero-order valence-corrected chi connectivity index (χ0v) is 9.90. The van der Waals surface area contributed by atoms with Gasteiger partial charge < -0.3 is 15.4 Å². The van der Waals surface area contributed by atoms with E-state index in [0.717, 1.165) is 16.8 Å². The van der Waals surface area contributed by atoms with Gasteiger partial charge in [0.15, 0.2) is 6.61 Å². The predicted octanol–water partition coefficient (Wildman–Crippen LogP) is 1.45. The highest BCUT2D eigenvalue weighted by molar-refractivity contribution is 5.98. The second kappa shape index (κ2) is 4.59. The monoisotopic (exact) mass is 232 g/mol. The van der Waals surface area contributed by atoms with E-state index in [1.165, 1.54) is 0 Å². The summed E-state index contributed by atoms with van der Waals surface area (Å²) in [7, 11) is 0. The molecule has 1 heterocycles. The van der Waals surface area contributed by atoms with Crippen molar-refractivity contribution in [3.63, 3.8) is 0 Å². The highest BCUT2D eigenvalue weighted by atomic mass is 16.5. The Labute approximate surface area is 101 Å². The Hall–Kier alpha value is -1.81. The number of benzene rings is 1. The maximum absolute atomic E-state index is 11.8. The fourth-order valence-corrected chi connectivity index (χ4v) is 1.82. The van der Waals surface area contributed by atoms with Crippen LogP contribution in [-0.2, 0) is 11.3 Å².